The van der Waals surface area contributed by atoms with E-state index in [2.05, 4.69) is 10.6 Å². The van der Waals surface area contributed by atoms with Crippen molar-refractivity contribution in [3.05, 3.63) is 41.5 Å². The maximum atomic E-state index is 13.5. The van der Waals surface area contributed by atoms with Crippen LogP contribution in [0.1, 0.15) is 15.9 Å². The van der Waals surface area contributed by atoms with E-state index in [0.29, 0.717) is 61.8 Å². The Morgan fingerprint density at radius 3 is 2.66 bits per heavy atom. The summed E-state index contributed by atoms with van der Waals surface area (Å²) in [5.74, 6) is -0.276. The lowest BCUT2D eigenvalue weighted by Gasteiger charge is -2.19. The number of benzene rings is 2. The molecule has 0 unspecified atom stereocenters. The summed E-state index contributed by atoms with van der Waals surface area (Å²) >= 11 is 0. The highest BCUT2D eigenvalue weighted by atomic mass is 16.3. The van der Waals surface area contributed by atoms with E-state index in [-0.39, 0.29) is 30.3 Å². The van der Waals surface area contributed by atoms with Crippen molar-refractivity contribution < 1.29 is 20.1 Å². The lowest BCUT2D eigenvalue weighted by Crippen LogP contribution is -2.26. The van der Waals surface area contributed by atoms with E-state index in [0.717, 1.165) is 10.9 Å². The maximum Gasteiger partial charge on any atom is 0.200 e. The number of aliphatic hydroxyl groups excluding tert-OH is 2. The third kappa shape index (κ3) is 4.07. The Labute approximate surface area is 186 Å². The molecule has 0 saturated heterocycles. The third-order valence-corrected chi connectivity index (χ3v) is 5.75. The summed E-state index contributed by atoms with van der Waals surface area (Å²) in [5, 5.41) is 40.6. The van der Waals surface area contributed by atoms with Gasteiger partial charge in [-0.3, -0.25) is 9.48 Å². The van der Waals surface area contributed by atoms with Crippen molar-refractivity contribution in [1.82, 2.24) is 20.0 Å². The van der Waals surface area contributed by atoms with E-state index in [1.807, 2.05) is 34.8 Å². The summed E-state index contributed by atoms with van der Waals surface area (Å²) in [6.07, 6.45) is 0. The Bertz CT molecular complexity index is 1130. The van der Waals surface area contributed by atoms with Crippen LogP contribution in [-0.4, -0.2) is 88.8 Å². The first-order chi connectivity index (χ1) is 15.6. The van der Waals surface area contributed by atoms with Crippen molar-refractivity contribution in [3.8, 4) is 17.0 Å². The highest BCUT2D eigenvalue weighted by Crippen LogP contribution is 2.44. The number of phenols is 1. The number of aliphatic hydroxyl groups is 2. The second-order valence-corrected chi connectivity index (χ2v) is 7.91. The Hall–Kier alpha value is -2.98. The summed E-state index contributed by atoms with van der Waals surface area (Å²) in [5.41, 5.74) is 3.67. The molecule has 2 aromatic carbocycles. The molecule has 0 spiro atoms. The lowest BCUT2D eigenvalue weighted by atomic mass is 9.86. The van der Waals surface area contributed by atoms with Crippen molar-refractivity contribution >= 4 is 22.4 Å². The molecule has 32 heavy (non-hydrogen) atoms. The predicted octanol–water partition coefficient (Wildman–Crippen LogP) is 0.871. The number of aromatic nitrogens is 2. The van der Waals surface area contributed by atoms with Gasteiger partial charge in [-0.2, -0.15) is 5.10 Å². The van der Waals surface area contributed by atoms with Gasteiger partial charge in [-0.25, -0.2) is 0 Å². The molecule has 9 nitrogen and oxygen atoms in total. The number of nitrogens with one attached hydrogen (secondary N) is 2. The van der Waals surface area contributed by atoms with Crippen LogP contribution in [0.15, 0.2) is 30.3 Å². The Kier molecular flexibility index (Phi) is 6.71. The molecular weight excluding hydrogens is 410 g/mol. The molecular formula is C23H29N5O4. The van der Waals surface area contributed by atoms with E-state index in [9.17, 15) is 9.90 Å². The fraction of sp³-hybridized carbons (Fsp3) is 0.391. The van der Waals surface area contributed by atoms with Crippen LogP contribution in [0.25, 0.3) is 22.2 Å². The van der Waals surface area contributed by atoms with Gasteiger partial charge >= 0.3 is 0 Å². The zero-order valence-corrected chi connectivity index (χ0v) is 18.1. The predicted molar refractivity (Wildman–Crippen MR) is 123 cm³/mol. The molecule has 1 aliphatic carbocycles. The van der Waals surface area contributed by atoms with Crippen LogP contribution in [0.3, 0.4) is 0 Å². The van der Waals surface area contributed by atoms with E-state index in [1.165, 1.54) is 6.07 Å². The van der Waals surface area contributed by atoms with Crippen molar-refractivity contribution in [2.75, 3.05) is 58.3 Å². The Balaban J connectivity index is 1.76. The largest absolute Gasteiger partial charge is 0.507 e. The summed E-state index contributed by atoms with van der Waals surface area (Å²) in [4.78, 5) is 15.5. The molecule has 1 aliphatic rings. The number of hydrogen-bond acceptors (Lipinski definition) is 8. The molecule has 9 heteroatoms. The molecule has 1 aromatic heterocycles. The van der Waals surface area contributed by atoms with Gasteiger partial charge in [0.15, 0.2) is 5.78 Å². The van der Waals surface area contributed by atoms with Gasteiger partial charge in [-0.1, -0.05) is 12.1 Å². The summed E-state index contributed by atoms with van der Waals surface area (Å²) < 4.78 is 1.89. The summed E-state index contributed by atoms with van der Waals surface area (Å²) in [6, 6.07) is 8.91. The van der Waals surface area contributed by atoms with Gasteiger partial charge in [0.2, 0.25) is 0 Å². The molecule has 0 aliphatic heterocycles. The van der Waals surface area contributed by atoms with Gasteiger partial charge in [-0.05, 0) is 25.2 Å². The van der Waals surface area contributed by atoms with Gasteiger partial charge in [-0.15, -0.1) is 0 Å². The van der Waals surface area contributed by atoms with Gasteiger partial charge < -0.3 is 30.9 Å². The third-order valence-electron chi connectivity index (χ3n) is 5.75. The number of fused-ring (bicyclic) bond motifs is 2. The number of rotatable bonds is 11. The van der Waals surface area contributed by atoms with Crippen molar-refractivity contribution in [1.29, 1.82) is 0 Å². The SMILES string of the molecule is CN(CCO)CCn1nc2c3c(c(NCCNCCO)ccc31)C(=O)c1c(O)cccc1-2. The van der Waals surface area contributed by atoms with E-state index < -0.39 is 0 Å². The van der Waals surface area contributed by atoms with Crippen molar-refractivity contribution in [3.63, 3.8) is 0 Å². The molecule has 3 aromatic rings. The summed E-state index contributed by atoms with van der Waals surface area (Å²) in [7, 11) is 1.94. The molecule has 0 fully saturated rings. The second-order valence-electron chi connectivity index (χ2n) is 7.91. The van der Waals surface area contributed by atoms with Crippen LogP contribution in [0.5, 0.6) is 5.75 Å². The summed E-state index contributed by atoms with van der Waals surface area (Å²) in [6.45, 7) is 3.76. The first-order valence-corrected chi connectivity index (χ1v) is 10.8. The topological polar surface area (TPSA) is 123 Å². The molecule has 0 radical (unpaired) electrons. The highest BCUT2D eigenvalue weighted by Gasteiger charge is 2.33. The smallest absolute Gasteiger partial charge is 0.200 e. The molecule has 0 atom stereocenters. The van der Waals surface area contributed by atoms with Crippen LogP contribution < -0.4 is 10.6 Å². The zero-order chi connectivity index (χ0) is 22.7. The first-order valence-electron chi connectivity index (χ1n) is 10.8. The normalized spacial score (nSPS) is 12.6. The van der Waals surface area contributed by atoms with Gasteiger partial charge in [0.25, 0.3) is 0 Å². The van der Waals surface area contributed by atoms with E-state index in [1.54, 1.807) is 6.07 Å². The van der Waals surface area contributed by atoms with E-state index in [4.69, 9.17) is 15.3 Å². The van der Waals surface area contributed by atoms with Crippen LogP contribution >= 0.6 is 0 Å². The quantitative estimate of drug-likeness (QED) is 0.218. The number of anilines is 1. The number of ketones is 1. The fourth-order valence-corrected chi connectivity index (χ4v) is 4.15. The lowest BCUT2D eigenvalue weighted by molar-refractivity contribution is 0.103. The Morgan fingerprint density at radius 2 is 1.88 bits per heavy atom. The molecule has 0 saturated carbocycles. The monoisotopic (exact) mass is 439 g/mol. The number of likely N-dealkylation sites (N-methyl/N-ethyl adjacent to an activating group) is 1. The van der Waals surface area contributed by atoms with Gasteiger partial charge in [0, 0.05) is 49.4 Å². The Morgan fingerprint density at radius 1 is 1.03 bits per heavy atom. The second kappa shape index (κ2) is 9.66. The van der Waals surface area contributed by atoms with Crippen LogP contribution in [-0.2, 0) is 6.54 Å². The average molecular weight is 440 g/mol. The number of aromatic hydroxyl groups is 1. The minimum Gasteiger partial charge on any atom is -0.507 e. The number of carbonyl (C=O) groups excluding carboxylic acids is 1. The molecule has 0 bridgehead atoms. The first kappa shape index (κ1) is 22.2. The van der Waals surface area contributed by atoms with Crippen LogP contribution in [0.2, 0.25) is 0 Å². The minimum atomic E-state index is -0.223. The number of hydrogen-bond donors (Lipinski definition) is 5. The minimum absolute atomic E-state index is 0.0528. The number of nitrogens with zero attached hydrogens (tertiary/aromatic N) is 3. The number of carbonyl (C=O) groups is 1. The highest BCUT2D eigenvalue weighted by molar-refractivity contribution is 6.28. The molecule has 1 heterocycles. The molecule has 170 valence electrons. The standard InChI is InChI=1S/C23H29N5O4/c1-27(12-14-30)10-11-28-17-6-5-16(25-8-7-24-9-13-29)20-21(17)22(26-28)15-3-2-4-18(31)19(15)23(20)32/h2-6,24-25,29-31H,7-14H2,1H3. The van der Waals surface area contributed by atoms with E-state index >= 15 is 0 Å². The molecule has 5 N–H and O–H groups in total. The van der Waals surface area contributed by atoms with Crippen molar-refractivity contribution in [2.45, 2.75) is 6.54 Å². The zero-order valence-electron chi connectivity index (χ0n) is 18.1. The fourth-order valence-electron chi connectivity index (χ4n) is 4.15. The number of phenolic OH excluding ortho intramolecular Hbond substituents is 1. The molecule has 4 rings (SSSR count). The van der Waals surface area contributed by atoms with Gasteiger partial charge in [0.05, 0.1) is 36.4 Å². The average Bonchev–Trinajstić information content (AvgIpc) is 3.15. The maximum absolute atomic E-state index is 13.5. The van der Waals surface area contributed by atoms with Crippen LogP contribution in [0, 0.1) is 0 Å². The van der Waals surface area contributed by atoms with Crippen LogP contribution in [0.4, 0.5) is 5.69 Å². The van der Waals surface area contributed by atoms with Crippen molar-refractivity contribution in [2.24, 2.45) is 0 Å². The van der Waals surface area contributed by atoms with Gasteiger partial charge in [0.1, 0.15) is 11.4 Å². The molecule has 0 amide bonds.